The first-order chi connectivity index (χ1) is 9.56. The van der Waals surface area contributed by atoms with Gasteiger partial charge in [0.05, 0.1) is 11.7 Å². The minimum atomic E-state index is 0.0421. The van der Waals surface area contributed by atoms with Crippen molar-refractivity contribution in [3.8, 4) is 5.75 Å². The highest BCUT2D eigenvalue weighted by Crippen LogP contribution is 2.21. The molecule has 0 aliphatic carbocycles. The van der Waals surface area contributed by atoms with Gasteiger partial charge in [-0.3, -0.25) is 4.79 Å². The van der Waals surface area contributed by atoms with Gasteiger partial charge in [0.15, 0.2) is 5.78 Å². The highest BCUT2D eigenvalue weighted by molar-refractivity contribution is 6.00. The summed E-state index contributed by atoms with van der Waals surface area (Å²) in [6, 6.07) is 14.7. The Morgan fingerprint density at radius 1 is 1.10 bits per heavy atom. The molecule has 2 N–H and O–H groups in total. The standard InChI is InChI=1S/C17H19NO2/c1-12(2)20-17-6-4-3-5-15(17)16(19)11-13-7-9-14(18)10-8-13/h3-10,12H,11,18H2,1-2H3. The predicted octanol–water partition coefficient (Wildman–Crippen LogP) is 3.48. The molecule has 0 saturated carbocycles. The van der Waals surface area contributed by atoms with Gasteiger partial charge < -0.3 is 10.5 Å². The van der Waals surface area contributed by atoms with Crippen molar-refractivity contribution in [2.75, 3.05) is 5.73 Å². The highest BCUT2D eigenvalue weighted by atomic mass is 16.5. The Morgan fingerprint density at radius 3 is 2.40 bits per heavy atom. The smallest absolute Gasteiger partial charge is 0.170 e. The Labute approximate surface area is 119 Å². The fourth-order valence-corrected chi connectivity index (χ4v) is 1.97. The Kier molecular flexibility index (Phi) is 4.41. The van der Waals surface area contributed by atoms with Crippen LogP contribution < -0.4 is 10.5 Å². The van der Waals surface area contributed by atoms with E-state index >= 15 is 0 Å². The van der Waals surface area contributed by atoms with E-state index in [1.54, 1.807) is 18.2 Å². The summed E-state index contributed by atoms with van der Waals surface area (Å²) >= 11 is 0. The summed E-state index contributed by atoms with van der Waals surface area (Å²) in [7, 11) is 0. The van der Waals surface area contributed by atoms with Gasteiger partial charge in [0, 0.05) is 12.1 Å². The number of nitrogen functional groups attached to an aromatic ring is 1. The van der Waals surface area contributed by atoms with Crippen LogP contribution in [-0.4, -0.2) is 11.9 Å². The summed E-state index contributed by atoms with van der Waals surface area (Å²) in [6.07, 6.45) is 0.388. The molecule has 2 rings (SSSR count). The fourth-order valence-electron chi connectivity index (χ4n) is 1.97. The minimum Gasteiger partial charge on any atom is -0.490 e. The third-order valence-electron chi connectivity index (χ3n) is 2.89. The number of benzene rings is 2. The summed E-state index contributed by atoms with van der Waals surface area (Å²) in [5, 5.41) is 0. The van der Waals surface area contributed by atoms with Gasteiger partial charge in [-0.2, -0.15) is 0 Å². The van der Waals surface area contributed by atoms with Crippen LogP contribution in [-0.2, 0) is 6.42 Å². The molecule has 0 aromatic heterocycles. The lowest BCUT2D eigenvalue weighted by molar-refractivity contribution is 0.0987. The maximum Gasteiger partial charge on any atom is 0.170 e. The highest BCUT2D eigenvalue weighted by Gasteiger charge is 2.13. The van der Waals surface area contributed by atoms with E-state index in [4.69, 9.17) is 10.5 Å². The topological polar surface area (TPSA) is 52.3 Å². The van der Waals surface area contributed by atoms with E-state index < -0.39 is 0 Å². The van der Waals surface area contributed by atoms with Crippen molar-refractivity contribution in [1.29, 1.82) is 0 Å². The number of ether oxygens (including phenoxy) is 1. The SMILES string of the molecule is CC(C)Oc1ccccc1C(=O)Cc1ccc(N)cc1. The summed E-state index contributed by atoms with van der Waals surface area (Å²) in [5.41, 5.74) is 7.91. The number of Topliss-reactive ketones (excluding diaryl/α,β-unsaturated/α-hetero) is 1. The fraction of sp³-hybridized carbons (Fsp3) is 0.235. The van der Waals surface area contributed by atoms with Crippen LogP contribution in [0.2, 0.25) is 0 Å². The lowest BCUT2D eigenvalue weighted by atomic mass is 10.0. The molecule has 0 aliphatic rings. The Balaban J connectivity index is 2.18. The first-order valence-corrected chi connectivity index (χ1v) is 6.69. The van der Waals surface area contributed by atoms with Crippen molar-refractivity contribution < 1.29 is 9.53 Å². The van der Waals surface area contributed by atoms with Crippen LogP contribution >= 0.6 is 0 Å². The Morgan fingerprint density at radius 2 is 1.75 bits per heavy atom. The molecule has 0 spiro atoms. The molecule has 104 valence electrons. The summed E-state index contributed by atoms with van der Waals surface area (Å²) in [4.78, 5) is 12.4. The van der Waals surface area contributed by atoms with Crippen molar-refractivity contribution >= 4 is 11.5 Å². The molecule has 2 aromatic rings. The molecule has 0 saturated heterocycles. The van der Waals surface area contributed by atoms with Crippen LogP contribution in [0.4, 0.5) is 5.69 Å². The van der Waals surface area contributed by atoms with Gasteiger partial charge in [0.1, 0.15) is 5.75 Å². The molecule has 20 heavy (non-hydrogen) atoms. The van der Waals surface area contributed by atoms with E-state index in [-0.39, 0.29) is 11.9 Å². The molecular weight excluding hydrogens is 250 g/mol. The maximum absolute atomic E-state index is 12.4. The molecule has 0 amide bonds. The maximum atomic E-state index is 12.4. The monoisotopic (exact) mass is 269 g/mol. The summed E-state index contributed by atoms with van der Waals surface area (Å²) < 4.78 is 5.68. The van der Waals surface area contributed by atoms with E-state index in [0.29, 0.717) is 23.4 Å². The molecule has 0 heterocycles. The van der Waals surface area contributed by atoms with Gasteiger partial charge in [-0.05, 0) is 43.7 Å². The van der Waals surface area contributed by atoms with Gasteiger partial charge in [0.2, 0.25) is 0 Å². The molecule has 0 bridgehead atoms. The van der Waals surface area contributed by atoms with E-state index in [1.807, 2.05) is 44.2 Å². The molecule has 0 fully saturated rings. The number of carbonyl (C=O) groups excluding carboxylic acids is 1. The number of anilines is 1. The molecule has 2 aromatic carbocycles. The summed E-state index contributed by atoms with van der Waals surface area (Å²) in [5.74, 6) is 0.689. The first-order valence-electron chi connectivity index (χ1n) is 6.69. The zero-order valence-electron chi connectivity index (χ0n) is 11.8. The second-order valence-corrected chi connectivity index (χ2v) is 5.00. The number of para-hydroxylation sites is 1. The first kappa shape index (κ1) is 14.1. The lowest BCUT2D eigenvalue weighted by Gasteiger charge is -2.13. The van der Waals surface area contributed by atoms with Crippen LogP contribution in [0.15, 0.2) is 48.5 Å². The molecule has 0 aliphatic heterocycles. The lowest BCUT2D eigenvalue weighted by Crippen LogP contribution is -2.11. The molecule has 3 nitrogen and oxygen atoms in total. The zero-order chi connectivity index (χ0) is 14.5. The van der Waals surface area contributed by atoms with Crippen molar-refractivity contribution in [2.24, 2.45) is 0 Å². The number of hydrogen-bond donors (Lipinski definition) is 1. The van der Waals surface area contributed by atoms with Crippen LogP contribution in [0.25, 0.3) is 0 Å². The number of hydrogen-bond acceptors (Lipinski definition) is 3. The minimum absolute atomic E-state index is 0.0421. The normalized spacial score (nSPS) is 10.6. The van der Waals surface area contributed by atoms with E-state index in [1.165, 1.54) is 0 Å². The number of carbonyl (C=O) groups is 1. The van der Waals surface area contributed by atoms with E-state index in [2.05, 4.69) is 0 Å². The van der Waals surface area contributed by atoms with E-state index in [0.717, 1.165) is 5.56 Å². The Bertz CT molecular complexity index is 588. The Hall–Kier alpha value is -2.29. The summed E-state index contributed by atoms with van der Waals surface area (Å²) in [6.45, 7) is 3.89. The second-order valence-electron chi connectivity index (χ2n) is 5.00. The third-order valence-corrected chi connectivity index (χ3v) is 2.89. The number of nitrogens with two attached hydrogens (primary N) is 1. The average molecular weight is 269 g/mol. The van der Waals surface area contributed by atoms with Gasteiger partial charge in [0.25, 0.3) is 0 Å². The van der Waals surface area contributed by atoms with Gasteiger partial charge in [-0.25, -0.2) is 0 Å². The van der Waals surface area contributed by atoms with Crippen molar-refractivity contribution in [3.05, 3.63) is 59.7 Å². The van der Waals surface area contributed by atoms with Crippen molar-refractivity contribution in [1.82, 2.24) is 0 Å². The van der Waals surface area contributed by atoms with Gasteiger partial charge >= 0.3 is 0 Å². The van der Waals surface area contributed by atoms with Crippen LogP contribution in [0.5, 0.6) is 5.75 Å². The van der Waals surface area contributed by atoms with Crippen molar-refractivity contribution in [2.45, 2.75) is 26.4 Å². The average Bonchev–Trinajstić information content (AvgIpc) is 2.41. The quantitative estimate of drug-likeness (QED) is 0.668. The van der Waals surface area contributed by atoms with E-state index in [9.17, 15) is 4.79 Å². The van der Waals surface area contributed by atoms with Crippen LogP contribution in [0, 0.1) is 0 Å². The second kappa shape index (κ2) is 6.24. The predicted molar refractivity (Wildman–Crippen MR) is 81.1 cm³/mol. The molecule has 0 unspecified atom stereocenters. The van der Waals surface area contributed by atoms with Gasteiger partial charge in [-0.15, -0.1) is 0 Å². The van der Waals surface area contributed by atoms with Gasteiger partial charge in [-0.1, -0.05) is 24.3 Å². The number of rotatable bonds is 5. The molecule has 0 atom stereocenters. The number of ketones is 1. The zero-order valence-corrected chi connectivity index (χ0v) is 11.8. The van der Waals surface area contributed by atoms with Crippen LogP contribution in [0.3, 0.4) is 0 Å². The largest absolute Gasteiger partial charge is 0.490 e. The third kappa shape index (κ3) is 3.60. The molecule has 0 radical (unpaired) electrons. The molecule has 3 heteroatoms. The molecular formula is C17H19NO2. The van der Waals surface area contributed by atoms with Crippen molar-refractivity contribution in [3.63, 3.8) is 0 Å². The van der Waals surface area contributed by atoms with Crippen LogP contribution in [0.1, 0.15) is 29.8 Å².